The minimum absolute atomic E-state index is 0.173. The van der Waals surface area contributed by atoms with Gasteiger partial charge in [-0.25, -0.2) is 4.90 Å². The number of imide groups is 1. The van der Waals surface area contributed by atoms with E-state index in [1.807, 2.05) is 26.0 Å². The SMILES string of the molecule is Cc1ccc2c(c1C)NC(=O)[C@@]21[C@@H]2C(=O)N(c3cccc([N+](=O)[O-])c3)C(=O)[C@H]2[C@H]2CCCN21. The van der Waals surface area contributed by atoms with E-state index in [2.05, 4.69) is 10.2 Å². The molecule has 0 bridgehead atoms. The molecule has 1 spiro atoms. The summed E-state index contributed by atoms with van der Waals surface area (Å²) in [5.74, 6) is -2.67. The summed E-state index contributed by atoms with van der Waals surface area (Å²) in [6.07, 6.45) is 1.56. The van der Waals surface area contributed by atoms with Crippen LogP contribution in [0.3, 0.4) is 0 Å². The number of non-ortho nitro benzene ring substituents is 1. The third-order valence-corrected chi connectivity index (χ3v) is 8.00. The Balaban J connectivity index is 1.55. The first-order valence-electron chi connectivity index (χ1n) is 11.1. The highest BCUT2D eigenvalue weighted by Gasteiger charge is 2.74. The quantitative estimate of drug-likeness (QED) is 0.431. The summed E-state index contributed by atoms with van der Waals surface area (Å²) < 4.78 is 0. The number of anilines is 2. The maximum atomic E-state index is 13.9. The van der Waals surface area contributed by atoms with Crippen LogP contribution in [0.5, 0.6) is 0 Å². The molecule has 0 radical (unpaired) electrons. The molecule has 33 heavy (non-hydrogen) atoms. The van der Waals surface area contributed by atoms with E-state index < -0.39 is 28.2 Å². The fraction of sp³-hybridized carbons (Fsp3) is 0.375. The van der Waals surface area contributed by atoms with E-state index in [0.717, 1.165) is 40.1 Å². The number of rotatable bonds is 2. The van der Waals surface area contributed by atoms with Crippen molar-refractivity contribution in [2.24, 2.45) is 11.8 Å². The van der Waals surface area contributed by atoms with Gasteiger partial charge >= 0.3 is 0 Å². The highest BCUT2D eigenvalue weighted by molar-refractivity contribution is 6.26. The molecule has 3 saturated heterocycles. The summed E-state index contributed by atoms with van der Waals surface area (Å²) in [6, 6.07) is 9.18. The van der Waals surface area contributed by atoms with Gasteiger partial charge in [0.15, 0.2) is 0 Å². The fourth-order valence-electron chi connectivity index (χ4n) is 6.52. The van der Waals surface area contributed by atoms with Gasteiger partial charge in [0.25, 0.3) is 5.69 Å². The number of amides is 3. The van der Waals surface area contributed by atoms with Gasteiger partial charge in [-0.3, -0.25) is 29.4 Å². The molecule has 4 aliphatic rings. The average Bonchev–Trinajstić information content (AvgIpc) is 3.49. The van der Waals surface area contributed by atoms with Crippen LogP contribution in [-0.2, 0) is 19.9 Å². The van der Waals surface area contributed by atoms with E-state index in [-0.39, 0.29) is 29.2 Å². The number of nitro groups is 1. The predicted octanol–water partition coefficient (Wildman–Crippen LogP) is 2.64. The van der Waals surface area contributed by atoms with Crippen LogP contribution >= 0.6 is 0 Å². The minimum Gasteiger partial charge on any atom is -0.324 e. The summed E-state index contributed by atoms with van der Waals surface area (Å²) >= 11 is 0. The maximum Gasteiger partial charge on any atom is 0.271 e. The number of nitro benzene ring substituents is 1. The number of nitrogens with zero attached hydrogens (tertiary/aromatic N) is 3. The van der Waals surface area contributed by atoms with Gasteiger partial charge in [-0.05, 0) is 50.4 Å². The van der Waals surface area contributed by atoms with Crippen molar-refractivity contribution in [1.82, 2.24) is 4.90 Å². The van der Waals surface area contributed by atoms with Crippen molar-refractivity contribution in [2.75, 3.05) is 16.8 Å². The normalized spacial score (nSPS) is 30.1. The Morgan fingerprint density at radius 2 is 1.91 bits per heavy atom. The molecular formula is C24H22N4O5. The molecule has 3 amide bonds. The van der Waals surface area contributed by atoms with Gasteiger partial charge in [-0.1, -0.05) is 18.2 Å². The van der Waals surface area contributed by atoms with Gasteiger partial charge in [0.2, 0.25) is 17.7 Å². The van der Waals surface area contributed by atoms with Crippen LogP contribution in [0.25, 0.3) is 0 Å². The molecule has 4 aliphatic heterocycles. The first kappa shape index (κ1) is 20.0. The molecule has 2 aromatic carbocycles. The lowest BCUT2D eigenvalue weighted by atomic mass is 9.75. The summed E-state index contributed by atoms with van der Waals surface area (Å²) in [6.45, 7) is 4.55. The van der Waals surface area contributed by atoms with Crippen molar-refractivity contribution in [1.29, 1.82) is 0 Å². The van der Waals surface area contributed by atoms with Gasteiger partial charge < -0.3 is 5.32 Å². The van der Waals surface area contributed by atoms with Gasteiger partial charge in [0, 0.05) is 29.4 Å². The molecule has 0 aliphatic carbocycles. The number of carbonyl (C=O) groups excluding carboxylic acids is 3. The molecule has 0 unspecified atom stereocenters. The van der Waals surface area contributed by atoms with Crippen molar-refractivity contribution >= 4 is 34.8 Å². The van der Waals surface area contributed by atoms with Crippen LogP contribution in [0.2, 0.25) is 0 Å². The molecule has 9 nitrogen and oxygen atoms in total. The first-order chi connectivity index (χ1) is 15.8. The third-order valence-electron chi connectivity index (χ3n) is 8.00. The lowest BCUT2D eigenvalue weighted by molar-refractivity contribution is -0.384. The van der Waals surface area contributed by atoms with Crippen molar-refractivity contribution < 1.29 is 19.3 Å². The van der Waals surface area contributed by atoms with E-state index in [0.29, 0.717) is 6.54 Å². The number of benzene rings is 2. The van der Waals surface area contributed by atoms with Crippen molar-refractivity contribution in [3.63, 3.8) is 0 Å². The highest BCUT2D eigenvalue weighted by Crippen LogP contribution is 2.61. The molecule has 168 valence electrons. The Hall–Kier alpha value is -3.59. The van der Waals surface area contributed by atoms with Crippen LogP contribution < -0.4 is 10.2 Å². The summed E-state index contributed by atoms with van der Waals surface area (Å²) in [5, 5.41) is 14.3. The van der Waals surface area contributed by atoms with Crippen molar-refractivity contribution in [3.8, 4) is 0 Å². The van der Waals surface area contributed by atoms with Gasteiger partial charge in [-0.15, -0.1) is 0 Å². The minimum atomic E-state index is -1.25. The monoisotopic (exact) mass is 446 g/mol. The van der Waals surface area contributed by atoms with E-state index in [4.69, 9.17) is 0 Å². The molecule has 4 atom stereocenters. The lowest BCUT2D eigenvalue weighted by Crippen LogP contribution is -2.54. The second-order valence-corrected chi connectivity index (χ2v) is 9.35. The topological polar surface area (TPSA) is 113 Å². The van der Waals surface area contributed by atoms with Crippen LogP contribution in [-0.4, -0.2) is 40.1 Å². The first-order valence-corrected chi connectivity index (χ1v) is 11.1. The number of aryl methyl sites for hydroxylation is 1. The Bertz CT molecular complexity index is 1290. The molecular weight excluding hydrogens is 424 g/mol. The summed E-state index contributed by atoms with van der Waals surface area (Å²) in [4.78, 5) is 55.2. The van der Waals surface area contributed by atoms with Crippen LogP contribution in [0.15, 0.2) is 36.4 Å². The Kier molecular flexibility index (Phi) is 3.93. The maximum absolute atomic E-state index is 13.9. The number of nitrogens with one attached hydrogen (secondary N) is 1. The molecule has 2 aromatic rings. The number of hydrogen-bond acceptors (Lipinski definition) is 6. The second-order valence-electron chi connectivity index (χ2n) is 9.35. The Morgan fingerprint density at radius 3 is 2.67 bits per heavy atom. The molecule has 1 N–H and O–H groups in total. The molecule has 0 aromatic heterocycles. The Morgan fingerprint density at radius 1 is 1.12 bits per heavy atom. The summed E-state index contributed by atoms with van der Waals surface area (Å²) in [5.41, 5.74) is 2.18. The molecule has 4 heterocycles. The van der Waals surface area contributed by atoms with Gasteiger partial charge in [-0.2, -0.15) is 0 Å². The van der Waals surface area contributed by atoms with Crippen LogP contribution in [0, 0.1) is 35.8 Å². The van der Waals surface area contributed by atoms with Gasteiger partial charge in [0.1, 0.15) is 5.54 Å². The fourth-order valence-corrected chi connectivity index (χ4v) is 6.52. The van der Waals surface area contributed by atoms with Gasteiger partial charge in [0.05, 0.1) is 22.4 Å². The van der Waals surface area contributed by atoms with Crippen molar-refractivity contribution in [3.05, 3.63) is 63.2 Å². The highest BCUT2D eigenvalue weighted by atomic mass is 16.6. The number of carbonyl (C=O) groups is 3. The zero-order valence-corrected chi connectivity index (χ0v) is 18.2. The molecule has 6 rings (SSSR count). The number of hydrogen-bond donors (Lipinski definition) is 1. The largest absolute Gasteiger partial charge is 0.324 e. The third kappa shape index (κ3) is 2.27. The zero-order valence-electron chi connectivity index (χ0n) is 18.2. The van der Waals surface area contributed by atoms with E-state index in [1.54, 1.807) is 0 Å². The molecule has 0 saturated carbocycles. The molecule has 9 heteroatoms. The summed E-state index contributed by atoms with van der Waals surface area (Å²) in [7, 11) is 0. The lowest BCUT2D eigenvalue weighted by Gasteiger charge is -2.36. The van der Waals surface area contributed by atoms with Crippen LogP contribution in [0.1, 0.15) is 29.5 Å². The predicted molar refractivity (Wildman–Crippen MR) is 119 cm³/mol. The number of fused-ring (bicyclic) bond motifs is 7. The van der Waals surface area contributed by atoms with Crippen molar-refractivity contribution in [2.45, 2.75) is 38.3 Å². The van der Waals surface area contributed by atoms with E-state index in [9.17, 15) is 24.5 Å². The molecule has 3 fully saturated rings. The van der Waals surface area contributed by atoms with E-state index >= 15 is 0 Å². The smallest absolute Gasteiger partial charge is 0.271 e. The zero-order chi connectivity index (χ0) is 23.2. The van der Waals surface area contributed by atoms with E-state index in [1.165, 1.54) is 24.3 Å². The second kappa shape index (κ2) is 6.48. The average molecular weight is 446 g/mol. The Labute approximate surface area is 189 Å². The standard InChI is InChI=1S/C24H22N4O5/c1-12-8-9-16-20(13(12)2)25-23(31)24(16)19-18(17-7-4-10-26(17)24)21(29)27(22(19)30)14-5-3-6-15(11-14)28(32)33/h3,5-6,8-9,11,17-19H,4,7,10H2,1-2H3,(H,25,31)/t17-,18+,19+,24+/m1/s1. The van der Waals surface area contributed by atoms with Crippen LogP contribution in [0.4, 0.5) is 17.1 Å².